The maximum absolute atomic E-state index is 13.6. The van der Waals surface area contributed by atoms with Crippen LogP contribution < -0.4 is 19.8 Å². The topological polar surface area (TPSA) is 86.6 Å². The van der Waals surface area contributed by atoms with Gasteiger partial charge in [-0.1, -0.05) is 0 Å². The number of aryl methyl sites for hydroxylation is 1. The van der Waals surface area contributed by atoms with Gasteiger partial charge in [0.25, 0.3) is 5.56 Å². The number of sulfonamides is 1. The predicted molar refractivity (Wildman–Crippen MR) is 119 cm³/mol. The smallest absolute Gasteiger partial charge is 0.254 e. The Morgan fingerprint density at radius 3 is 2.44 bits per heavy atom. The molecule has 0 atom stereocenters. The lowest BCUT2D eigenvalue weighted by Crippen LogP contribution is -2.30. The summed E-state index contributed by atoms with van der Waals surface area (Å²) in [6, 6.07) is 6.12. The van der Waals surface area contributed by atoms with E-state index in [-0.39, 0.29) is 37.0 Å². The molecule has 1 saturated carbocycles. The van der Waals surface area contributed by atoms with Crippen LogP contribution >= 0.6 is 0 Å². The van der Waals surface area contributed by atoms with E-state index in [1.165, 1.54) is 17.6 Å². The Morgan fingerprint density at radius 2 is 1.81 bits per heavy atom. The summed E-state index contributed by atoms with van der Waals surface area (Å²) in [7, 11) is -1.93. The molecule has 1 fully saturated rings. The fourth-order valence-electron chi connectivity index (χ4n) is 3.56. The van der Waals surface area contributed by atoms with Crippen molar-refractivity contribution < 1.29 is 26.7 Å². The molecule has 176 valence electrons. The molecule has 3 rings (SSSR count). The van der Waals surface area contributed by atoms with Crippen LogP contribution in [0.3, 0.4) is 0 Å². The van der Waals surface area contributed by atoms with Gasteiger partial charge in [0.1, 0.15) is 11.5 Å². The second-order valence-electron chi connectivity index (χ2n) is 7.82. The van der Waals surface area contributed by atoms with Gasteiger partial charge in [-0.15, -0.1) is 0 Å². The van der Waals surface area contributed by atoms with Crippen LogP contribution in [0.5, 0.6) is 11.5 Å². The molecule has 0 aliphatic heterocycles. The first-order valence-corrected chi connectivity index (χ1v) is 12.2. The minimum Gasteiger partial charge on any atom is -0.493 e. The van der Waals surface area contributed by atoms with E-state index in [4.69, 9.17) is 9.47 Å². The molecule has 10 heteroatoms. The van der Waals surface area contributed by atoms with Gasteiger partial charge in [-0.25, -0.2) is 17.2 Å². The number of hydrogen-bond acceptors (Lipinski definition) is 5. The molecule has 1 aliphatic rings. The van der Waals surface area contributed by atoms with Crippen molar-refractivity contribution in [2.45, 2.75) is 51.6 Å². The lowest BCUT2D eigenvalue weighted by molar-refractivity contribution is -0.0581. The third-order valence-corrected chi connectivity index (χ3v) is 6.68. The van der Waals surface area contributed by atoms with Crippen molar-refractivity contribution in [1.82, 2.24) is 4.57 Å². The minimum absolute atomic E-state index is 0.0963. The number of ether oxygens (including phenoxy) is 2. The number of nitrogens with zero attached hydrogens (tertiary/aromatic N) is 1. The molecule has 0 spiro atoms. The molecule has 1 heterocycles. The number of rotatable bonds is 8. The van der Waals surface area contributed by atoms with Crippen LogP contribution in [0.25, 0.3) is 11.1 Å². The van der Waals surface area contributed by atoms with Crippen LogP contribution in [-0.2, 0) is 17.1 Å². The average Bonchev–Trinajstić information content (AvgIpc) is 2.73. The second-order valence-corrected chi connectivity index (χ2v) is 9.83. The summed E-state index contributed by atoms with van der Waals surface area (Å²) in [6.07, 6.45) is 1.12. The van der Waals surface area contributed by atoms with Crippen LogP contribution in [0.4, 0.5) is 14.5 Å². The minimum atomic E-state index is -3.52. The third-order valence-electron chi connectivity index (χ3n) is 5.37. The summed E-state index contributed by atoms with van der Waals surface area (Å²) in [5.74, 6) is -2.04. The molecular formula is C22H28F2N2O5S. The van der Waals surface area contributed by atoms with Crippen molar-refractivity contribution in [2.24, 2.45) is 7.05 Å². The van der Waals surface area contributed by atoms with Crippen molar-refractivity contribution in [3.05, 3.63) is 40.8 Å². The molecule has 0 unspecified atom stereocenters. The van der Waals surface area contributed by atoms with Crippen LogP contribution in [-0.4, -0.2) is 37.4 Å². The number of nitrogens with one attached hydrogen (secondary N) is 1. The predicted octanol–water partition coefficient (Wildman–Crippen LogP) is 4.17. The van der Waals surface area contributed by atoms with E-state index in [9.17, 15) is 22.0 Å². The normalized spacial score (nSPS) is 16.5. The highest BCUT2D eigenvalue weighted by Gasteiger charge is 2.36. The van der Waals surface area contributed by atoms with E-state index in [0.717, 1.165) is 0 Å². The summed E-state index contributed by atoms with van der Waals surface area (Å²) in [5, 5.41) is 0. The molecule has 1 N–H and O–H groups in total. The largest absolute Gasteiger partial charge is 0.493 e. The molecule has 0 saturated heterocycles. The molecule has 1 aliphatic carbocycles. The molecular weight excluding hydrogens is 442 g/mol. The van der Waals surface area contributed by atoms with Crippen LogP contribution in [0.2, 0.25) is 0 Å². The first kappa shape index (κ1) is 24.0. The Morgan fingerprint density at radius 1 is 1.12 bits per heavy atom. The molecule has 32 heavy (non-hydrogen) atoms. The molecule has 0 bridgehead atoms. The van der Waals surface area contributed by atoms with Crippen molar-refractivity contribution in [3.8, 4) is 22.6 Å². The van der Waals surface area contributed by atoms with Crippen LogP contribution in [0, 0.1) is 0 Å². The fourth-order valence-corrected chi connectivity index (χ4v) is 4.19. The number of pyridine rings is 1. The number of hydrogen-bond donors (Lipinski definition) is 1. The van der Waals surface area contributed by atoms with Crippen LogP contribution in [0.1, 0.15) is 39.5 Å². The molecule has 7 nitrogen and oxygen atoms in total. The fraction of sp³-hybridized carbons (Fsp3) is 0.500. The standard InChI is InChI=1S/C22H28F2N2O5S/c1-4-30-20-13-21(27)26(3)14-18(20)17-12-15(25-32(28,29)5-2)6-7-19(17)31-16-8-10-22(23,24)11-9-16/h6-7,12-14,16,25H,4-5,8-11H2,1-3H3. The molecule has 1 aromatic heterocycles. The van der Waals surface area contributed by atoms with Crippen molar-refractivity contribution in [2.75, 3.05) is 17.1 Å². The first-order valence-electron chi connectivity index (χ1n) is 10.6. The van der Waals surface area contributed by atoms with Gasteiger partial charge in [0.2, 0.25) is 15.9 Å². The Kier molecular flexibility index (Phi) is 7.12. The van der Waals surface area contributed by atoms with Crippen molar-refractivity contribution >= 4 is 15.7 Å². The lowest BCUT2D eigenvalue weighted by Gasteiger charge is -2.29. The maximum atomic E-state index is 13.6. The molecule has 2 aromatic rings. The highest BCUT2D eigenvalue weighted by atomic mass is 32.2. The highest BCUT2D eigenvalue weighted by molar-refractivity contribution is 7.92. The maximum Gasteiger partial charge on any atom is 0.254 e. The average molecular weight is 471 g/mol. The van der Waals surface area contributed by atoms with Gasteiger partial charge in [-0.05, 0) is 44.9 Å². The summed E-state index contributed by atoms with van der Waals surface area (Å²) in [4.78, 5) is 12.1. The lowest BCUT2D eigenvalue weighted by atomic mass is 9.94. The first-order chi connectivity index (χ1) is 15.0. The number of halogens is 2. The highest BCUT2D eigenvalue weighted by Crippen LogP contribution is 2.40. The summed E-state index contributed by atoms with van der Waals surface area (Å²) >= 11 is 0. The van der Waals surface area contributed by atoms with Gasteiger partial charge in [-0.3, -0.25) is 9.52 Å². The van der Waals surface area contributed by atoms with E-state index >= 15 is 0 Å². The quantitative estimate of drug-likeness (QED) is 0.626. The zero-order valence-corrected chi connectivity index (χ0v) is 19.2. The Bertz CT molecular complexity index is 1120. The number of alkyl halides is 2. The second kappa shape index (κ2) is 9.48. The number of anilines is 1. The van der Waals surface area contributed by atoms with E-state index in [1.807, 2.05) is 0 Å². The van der Waals surface area contributed by atoms with E-state index in [2.05, 4.69) is 4.72 Å². The van der Waals surface area contributed by atoms with Crippen molar-refractivity contribution in [3.63, 3.8) is 0 Å². The van der Waals surface area contributed by atoms with Gasteiger partial charge in [0.15, 0.2) is 0 Å². The SMILES string of the molecule is CCOc1cc(=O)n(C)cc1-c1cc(NS(=O)(=O)CC)ccc1OC1CCC(F)(F)CC1. The monoisotopic (exact) mass is 470 g/mol. The van der Waals surface area contributed by atoms with Gasteiger partial charge in [0.05, 0.1) is 18.5 Å². The Balaban J connectivity index is 2.06. The number of aromatic nitrogens is 1. The van der Waals surface area contributed by atoms with Gasteiger partial charge in [0, 0.05) is 49.0 Å². The molecule has 0 radical (unpaired) electrons. The zero-order chi connectivity index (χ0) is 23.5. The number of benzene rings is 1. The Labute approximate surface area is 186 Å². The van der Waals surface area contributed by atoms with Gasteiger partial charge in [-0.2, -0.15) is 0 Å². The third kappa shape index (κ3) is 5.79. The molecule has 0 amide bonds. The van der Waals surface area contributed by atoms with Crippen molar-refractivity contribution in [1.29, 1.82) is 0 Å². The van der Waals surface area contributed by atoms with Gasteiger partial charge < -0.3 is 14.0 Å². The summed E-state index contributed by atoms with van der Waals surface area (Å²) < 4.78 is 66.9. The van der Waals surface area contributed by atoms with E-state index in [0.29, 0.717) is 34.9 Å². The summed E-state index contributed by atoms with van der Waals surface area (Å²) in [6.45, 7) is 3.63. The van der Waals surface area contributed by atoms with Crippen LogP contribution in [0.15, 0.2) is 35.3 Å². The van der Waals surface area contributed by atoms with Gasteiger partial charge >= 0.3 is 0 Å². The summed E-state index contributed by atoms with van der Waals surface area (Å²) in [5.41, 5.74) is 1.08. The van der Waals surface area contributed by atoms with E-state index in [1.54, 1.807) is 38.4 Å². The Hall–Kier alpha value is -2.62. The zero-order valence-electron chi connectivity index (χ0n) is 18.4. The molecule has 1 aromatic carbocycles. The van der Waals surface area contributed by atoms with E-state index < -0.39 is 22.0 Å².